The summed E-state index contributed by atoms with van der Waals surface area (Å²) in [5.41, 5.74) is -0.474. The summed E-state index contributed by atoms with van der Waals surface area (Å²) in [7, 11) is 0. The number of benzene rings is 2. The number of carbonyl (C=O) groups is 1. The third kappa shape index (κ3) is 5.20. The van der Waals surface area contributed by atoms with Crippen LogP contribution in [0.3, 0.4) is 0 Å². The Labute approximate surface area is 142 Å². The minimum absolute atomic E-state index is 0.0523. The Morgan fingerprint density at radius 2 is 1.88 bits per heavy atom. The standard InChI is InChI=1S/C18H17F4NO2/c1-2-15(25-16-9-4-3-8-14(16)19)17(24)23-11-12-6-5-7-13(10-12)18(20,21)22/h3-10,15H,2,11H2,1H3,(H,23,24). The molecule has 134 valence electrons. The van der Waals surface area contributed by atoms with Crippen molar-refractivity contribution in [3.63, 3.8) is 0 Å². The number of nitrogens with one attached hydrogen (secondary N) is 1. The number of carbonyl (C=O) groups excluding carboxylic acids is 1. The molecule has 25 heavy (non-hydrogen) atoms. The Hall–Kier alpha value is -2.57. The summed E-state index contributed by atoms with van der Waals surface area (Å²) in [4.78, 5) is 12.2. The molecule has 0 bridgehead atoms. The minimum Gasteiger partial charge on any atom is -0.478 e. The second-order valence-electron chi connectivity index (χ2n) is 5.36. The summed E-state index contributed by atoms with van der Waals surface area (Å²) in [6.45, 7) is 1.61. The van der Waals surface area contributed by atoms with Crippen LogP contribution >= 0.6 is 0 Å². The molecule has 1 unspecified atom stereocenters. The summed E-state index contributed by atoms with van der Waals surface area (Å²) in [5.74, 6) is -1.17. The van der Waals surface area contributed by atoms with Gasteiger partial charge in [0.2, 0.25) is 0 Å². The van der Waals surface area contributed by atoms with Crippen molar-refractivity contribution in [2.24, 2.45) is 0 Å². The molecular weight excluding hydrogens is 338 g/mol. The summed E-state index contributed by atoms with van der Waals surface area (Å²) in [6, 6.07) is 10.4. The van der Waals surface area contributed by atoms with Crippen molar-refractivity contribution in [3.8, 4) is 5.75 Å². The highest BCUT2D eigenvalue weighted by Crippen LogP contribution is 2.29. The number of hydrogen-bond acceptors (Lipinski definition) is 2. The second kappa shape index (κ2) is 8.00. The van der Waals surface area contributed by atoms with Gasteiger partial charge in [-0.3, -0.25) is 4.79 Å². The molecule has 7 heteroatoms. The van der Waals surface area contributed by atoms with Crippen LogP contribution < -0.4 is 10.1 Å². The molecule has 0 aliphatic heterocycles. The van der Waals surface area contributed by atoms with Crippen LogP contribution in [0, 0.1) is 5.82 Å². The maximum atomic E-state index is 13.6. The molecule has 1 atom stereocenters. The van der Waals surface area contributed by atoms with Crippen LogP contribution in [-0.2, 0) is 17.5 Å². The van der Waals surface area contributed by atoms with Crippen LogP contribution in [0.4, 0.5) is 17.6 Å². The fourth-order valence-corrected chi connectivity index (χ4v) is 2.18. The van der Waals surface area contributed by atoms with Crippen molar-refractivity contribution in [3.05, 3.63) is 65.5 Å². The molecule has 0 aliphatic carbocycles. The smallest absolute Gasteiger partial charge is 0.416 e. The van der Waals surface area contributed by atoms with E-state index in [1.54, 1.807) is 13.0 Å². The Morgan fingerprint density at radius 1 is 1.16 bits per heavy atom. The Morgan fingerprint density at radius 3 is 2.52 bits per heavy atom. The van der Waals surface area contributed by atoms with Crippen LogP contribution in [0.2, 0.25) is 0 Å². The predicted octanol–water partition coefficient (Wildman–Crippen LogP) is 4.32. The fraction of sp³-hybridized carbons (Fsp3) is 0.278. The van der Waals surface area contributed by atoms with Crippen LogP contribution in [0.25, 0.3) is 0 Å². The van der Waals surface area contributed by atoms with Gasteiger partial charge in [-0.1, -0.05) is 31.2 Å². The van der Waals surface area contributed by atoms with Gasteiger partial charge in [-0.25, -0.2) is 4.39 Å². The number of amides is 1. The number of halogens is 4. The fourth-order valence-electron chi connectivity index (χ4n) is 2.18. The van der Waals surface area contributed by atoms with Crippen molar-refractivity contribution in [2.45, 2.75) is 32.2 Å². The van der Waals surface area contributed by atoms with Gasteiger partial charge in [0.15, 0.2) is 17.7 Å². The zero-order chi connectivity index (χ0) is 18.4. The second-order valence-corrected chi connectivity index (χ2v) is 5.36. The first-order valence-electron chi connectivity index (χ1n) is 7.66. The van der Waals surface area contributed by atoms with Crippen LogP contribution in [0.1, 0.15) is 24.5 Å². The van der Waals surface area contributed by atoms with Crippen molar-refractivity contribution in [2.75, 3.05) is 0 Å². The maximum Gasteiger partial charge on any atom is 0.416 e. The van der Waals surface area contributed by atoms with E-state index in [1.807, 2.05) is 0 Å². The van der Waals surface area contributed by atoms with Gasteiger partial charge in [-0.05, 0) is 36.2 Å². The quantitative estimate of drug-likeness (QED) is 0.784. The largest absolute Gasteiger partial charge is 0.478 e. The van der Waals surface area contributed by atoms with Gasteiger partial charge in [-0.15, -0.1) is 0 Å². The number of hydrogen-bond donors (Lipinski definition) is 1. The number of para-hydroxylation sites is 1. The lowest BCUT2D eigenvalue weighted by Gasteiger charge is -2.18. The summed E-state index contributed by atoms with van der Waals surface area (Å²) < 4.78 is 57.0. The first-order valence-corrected chi connectivity index (χ1v) is 7.66. The molecule has 0 fully saturated rings. The highest BCUT2D eigenvalue weighted by Gasteiger charge is 2.30. The van der Waals surface area contributed by atoms with E-state index in [1.165, 1.54) is 30.3 Å². The molecule has 1 N–H and O–H groups in total. The minimum atomic E-state index is -4.44. The molecule has 2 aromatic carbocycles. The molecule has 0 saturated heterocycles. The average Bonchev–Trinajstić information content (AvgIpc) is 2.58. The lowest BCUT2D eigenvalue weighted by atomic mass is 10.1. The third-order valence-corrected chi connectivity index (χ3v) is 3.49. The zero-order valence-corrected chi connectivity index (χ0v) is 13.4. The number of rotatable bonds is 6. The zero-order valence-electron chi connectivity index (χ0n) is 13.4. The Bertz CT molecular complexity index is 731. The normalized spacial score (nSPS) is 12.5. The highest BCUT2D eigenvalue weighted by molar-refractivity contribution is 5.81. The van der Waals surface area contributed by atoms with Crippen molar-refractivity contribution in [1.29, 1.82) is 0 Å². The molecule has 2 rings (SSSR count). The van der Waals surface area contributed by atoms with Gasteiger partial charge in [0.05, 0.1) is 5.56 Å². The summed E-state index contributed by atoms with van der Waals surface area (Å²) >= 11 is 0. The first kappa shape index (κ1) is 18.8. The van der Waals surface area contributed by atoms with Gasteiger partial charge >= 0.3 is 6.18 Å². The van der Waals surface area contributed by atoms with E-state index >= 15 is 0 Å². The molecule has 0 saturated carbocycles. The van der Waals surface area contributed by atoms with Crippen molar-refractivity contribution >= 4 is 5.91 Å². The molecule has 0 heterocycles. The molecule has 2 aromatic rings. The maximum absolute atomic E-state index is 13.6. The predicted molar refractivity (Wildman–Crippen MR) is 84.4 cm³/mol. The average molecular weight is 355 g/mol. The molecule has 0 aliphatic rings. The molecular formula is C18H17F4NO2. The van der Waals surface area contributed by atoms with Crippen molar-refractivity contribution < 1.29 is 27.1 Å². The highest BCUT2D eigenvalue weighted by atomic mass is 19.4. The van der Waals surface area contributed by atoms with Crippen molar-refractivity contribution in [1.82, 2.24) is 5.32 Å². The van der Waals surface area contributed by atoms with Crippen LogP contribution in [-0.4, -0.2) is 12.0 Å². The summed E-state index contributed by atoms with van der Waals surface area (Å²) in [5, 5.41) is 2.51. The lowest BCUT2D eigenvalue weighted by Crippen LogP contribution is -2.37. The monoisotopic (exact) mass is 355 g/mol. The van der Waals surface area contributed by atoms with Gasteiger partial charge in [-0.2, -0.15) is 13.2 Å². The van der Waals surface area contributed by atoms with E-state index in [0.29, 0.717) is 5.56 Å². The molecule has 3 nitrogen and oxygen atoms in total. The van der Waals surface area contributed by atoms with E-state index in [0.717, 1.165) is 12.1 Å². The SMILES string of the molecule is CCC(Oc1ccccc1F)C(=O)NCc1cccc(C(F)(F)F)c1. The number of ether oxygens (including phenoxy) is 1. The van der Waals surface area contributed by atoms with Crippen LogP contribution in [0.5, 0.6) is 5.75 Å². The first-order chi connectivity index (χ1) is 11.8. The van der Waals surface area contributed by atoms with Gasteiger partial charge in [0, 0.05) is 6.54 Å². The topological polar surface area (TPSA) is 38.3 Å². The number of alkyl halides is 3. The Kier molecular flexibility index (Phi) is 6.01. The van der Waals surface area contributed by atoms with E-state index in [9.17, 15) is 22.4 Å². The summed E-state index contributed by atoms with van der Waals surface area (Å²) in [6.07, 6.45) is -5.11. The van der Waals surface area contributed by atoms with Gasteiger partial charge in [0.25, 0.3) is 5.91 Å². The third-order valence-electron chi connectivity index (χ3n) is 3.49. The molecule has 0 radical (unpaired) electrons. The molecule has 1 amide bonds. The van der Waals surface area contributed by atoms with E-state index in [2.05, 4.69) is 5.32 Å². The molecule has 0 spiro atoms. The van der Waals surface area contributed by atoms with Crippen LogP contribution in [0.15, 0.2) is 48.5 Å². The lowest BCUT2D eigenvalue weighted by molar-refractivity contribution is -0.137. The van der Waals surface area contributed by atoms with E-state index in [4.69, 9.17) is 4.74 Å². The van der Waals surface area contributed by atoms with E-state index in [-0.39, 0.29) is 18.7 Å². The van der Waals surface area contributed by atoms with Gasteiger partial charge in [0.1, 0.15) is 0 Å². The van der Waals surface area contributed by atoms with E-state index < -0.39 is 29.6 Å². The van der Waals surface area contributed by atoms with Gasteiger partial charge < -0.3 is 10.1 Å². The molecule has 0 aromatic heterocycles. The Balaban J connectivity index is 2.00.